The highest BCUT2D eigenvalue weighted by Gasteiger charge is 2.52. The SMILES string of the molecule is CC1CC2C(=O)N(CC(C)(C)O)C(=O)C2C1. The highest BCUT2D eigenvalue weighted by atomic mass is 16.3. The predicted octanol–water partition coefficient (Wildman–Crippen LogP) is 0.788. The zero-order valence-corrected chi connectivity index (χ0v) is 10.1. The molecule has 2 atom stereocenters. The summed E-state index contributed by atoms with van der Waals surface area (Å²) in [5, 5.41) is 9.68. The number of carbonyl (C=O) groups excluding carboxylic acids is 2. The van der Waals surface area contributed by atoms with Gasteiger partial charge in [0.15, 0.2) is 0 Å². The van der Waals surface area contributed by atoms with Gasteiger partial charge in [0, 0.05) is 0 Å². The van der Waals surface area contributed by atoms with Crippen molar-refractivity contribution in [1.29, 1.82) is 0 Å². The molecule has 1 saturated carbocycles. The highest BCUT2D eigenvalue weighted by molar-refractivity contribution is 6.05. The van der Waals surface area contributed by atoms with E-state index in [9.17, 15) is 14.7 Å². The monoisotopic (exact) mass is 225 g/mol. The van der Waals surface area contributed by atoms with Crippen LogP contribution < -0.4 is 0 Å². The van der Waals surface area contributed by atoms with Gasteiger partial charge in [-0.15, -0.1) is 0 Å². The van der Waals surface area contributed by atoms with Crippen molar-refractivity contribution in [2.75, 3.05) is 6.54 Å². The molecular weight excluding hydrogens is 206 g/mol. The summed E-state index contributed by atoms with van der Waals surface area (Å²) >= 11 is 0. The number of rotatable bonds is 2. The first-order chi connectivity index (χ1) is 7.29. The van der Waals surface area contributed by atoms with E-state index in [4.69, 9.17) is 0 Å². The summed E-state index contributed by atoms with van der Waals surface area (Å²) in [5.41, 5.74) is -1.00. The van der Waals surface area contributed by atoms with Crippen LogP contribution in [0.2, 0.25) is 0 Å². The number of likely N-dealkylation sites (tertiary alicyclic amines) is 1. The minimum atomic E-state index is -1.00. The van der Waals surface area contributed by atoms with Crippen LogP contribution in [0.5, 0.6) is 0 Å². The number of aliphatic hydroxyl groups is 1. The lowest BCUT2D eigenvalue weighted by Crippen LogP contribution is -2.43. The van der Waals surface area contributed by atoms with Gasteiger partial charge in [-0.3, -0.25) is 14.5 Å². The molecular formula is C12H19NO3. The van der Waals surface area contributed by atoms with Gasteiger partial charge in [-0.2, -0.15) is 0 Å². The van der Waals surface area contributed by atoms with Crippen molar-refractivity contribution in [2.24, 2.45) is 17.8 Å². The molecule has 1 heterocycles. The van der Waals surface area contributed by atoms with Gasteiger partial charge >= 0.3 is 0 Å². The van der Waals surface area contributed by atoms with E-state index in [-0.39, 0.29) is 30.2 Å². The summed E-state index contributed by atoms with van der Waals surface area (Å²) in [6, 6.07) is 0. The Morgan fingerprint density at radius 3 is 2.06 bits per heavy atom. The molecule has 0 bridgehead atoms. The maximum Gasteiger partial charge on any atom is 0.233 e. The second-order valence-electron chi connectivity index (χ2n) is 5.86. The summed E-state index contributed by atoms with van der Waals surface area (Å²) in [6.07, 6.45) is 1.63. The topological polar surface area (TPSA) is 57.6 Å². The average Bonchev–Trinajstić information content (AvgIpc) is 2.60. The summed E-state index contributed by atoms with van der Waals surface area (Å²) in [7, 11) is 0. The lowest BCUT2D eigenvalue weighted by Gasteiger charge is -2.24. The van der Waals surface area contributed by atoms with Gasteiger partial charge in [0.05, 0.1) is 24.0 Å². The Kier molecular flexibility index (Phi) is 2.57. The quantitative estimate of drug-likeness (QED) is 0.707. The molecule has 4 nitrogen and oxygen atoms in total. The summed E-state index contributed by atoms with van der Waals surface area (Å²) in [5.74, 6) is 0.0600. The molecule has 2 unspecified atom stereocenters. The van der Waals surface area contributed by atoms with Crippen LogP contribution in [0.1, 0.15) is 33.6 Å². The van der Waals surface area contributed by atoms with Crippen LogP contribution in [0.15, 0.2) is 0 Å². The first kappa shape index (κ1) is 11.6. The number of imide groups is 1. The molecule has 1 N–H and O–H groups in total. The van der Waals surface area contributed by atoms with Crippen molar-refractivity contribution in [2.45, 2.75) is 39.2 Å². The molecule has 2 rings (SSSR count). The fourth-order valence-corrected chi connectivity index (χ4v) is 2.89. The van der Waals surface area contributed by atoms with E-state index >= 15 is 0 Å². The summed E-state index contributed by atoms with van der Waals surface area (Å²) < 4.78 is 0. The van der Waals surface area contributed by atoms with E-state index in [1.165, 1.54) is 4.90 Å². The molecule has 0 radical (unpaired) electrons. The van der Waals surface area contributed by atoms with Crippen LogP contribution in [-0.2, 0) is 9.59 Å². The Morgan fingerprint density at radius 1 is 1.25 bits per heavy atom. The Labute approximate surface area is 95.6 Å². The van der Waals surface area contributed by atoms with E-state index in [2.05, 4.69) is 6.92 Å². The van der Waals surface area contributed by atoms with Gasteiger partial charge in [-0.05, 0) is 32.6 Å². The van der Waals surface area contributed by atoms with Gasteiger partial charge in [0.1, 0.15) is 0 Å². The molecule has 16 heavy (non-hydrogen) atoms. The van der Waals surface area contributed by atoms with Crippen LogP contribution in [0.3, 0.4) is 0 Å². The van der Waals surface area contributed by atoms with Crippen LogP contribution >= 0.6 is 0 Å². The lowest BCUT2D eigenvalue weighted by molar-refractivity contribution is -0.143. The van der Waals surface area contributed by atoms with Gasteiger partial charge in [-0.25, -0.2) is 0 Å². The molecule has 2 aliphatic rings. The third-order valence-corrected chi connectivity index (χ3v) is 3.51. The van der Waals surface area contributed by atoms with Crippen molar-refractivity contribution >= 4 is 11.8 Å². The lowest BCUT2D eigenvalue weighted by atomic mass is 10.00. The largest absolute Gasteiger partial charge is 0.389 e. The Morgan fingerprint density at radius 2 is 1.69 bits per heavy atom. The van der Waals surface area contributed by atoms with Crippen LogP contribution in [-0.4, -0.2) is 34.0 Å². The summed E-state index contributed by atoms with van der Waals surface area (Å²) in [6.45, 7) is 5.43. The third kappa shape index (κ3) is 1.86. The zero-order valence-electron chi connectivity index (χ0n) is 10.1. The molecule has 90 valence electrons. The number of β-amino-alcohol motifs (C(OH)–C–C–N with tert-alkyl or cyclic N) is 1. The minimum Gasteiger partial charge on any atom is -0.389 e. The van der Waals surface area contributed by atoms with Crippen LogP contribution in [0.4, 0.5) is 0 Å². The number of amides is 2. The Balaban J connectivity index is 2.15. The maximum absolute atomic E-state index is 12.0. The van der Waals surface area contributed by atoms with E-state index in [0.29, 0.717) is 5.92 Å². The molecule has 4 heteroatoms. The molecule has 1 aliphatic carbocycles. The Bertz CT molecular complexity index is 308. The van der Waals surface area contributed by atoms with Crippen molar-refractivity contribution in [3.63, 3.8) is 0 Å². The van der Waals surface area contributed by atoms with Crippen molar-refractivity contribution in [1.82, 2.24) is 4.90 Å². The maximum atomic E-state index is 12.0. The standard InChI is InChI=1S/C12H19NO3/c1-7-4-8-9(5-7)11(15)13(10(8)14)6-12(2,3)16/h7-9,16H,4-6H2,1-3H3. The average molecular weight is 225 g/mol. The van der Waals surface area contributed by atoms with Crippen molar-refractivity contribution < 1.29 is 14.7 Å². The van der Waals surface area contributed by atoms with Crippen LogP contribution in [0.25, 0.3) is 0 Å². The first-order valence-electron chi connectivity index (χ1n) is 5.87. The van der Waals surface area contributed by atoms with E-state index in [1.54, 1.807) is 13.8 Å². The molecule has 2 fully saturated rings. The zero-order chi connectivity index (χ0) is 12.1. The van der Waals surface area contributed by atoms with Gasteiger partial charge in [0.25, 0.3) is 0 Å². The number of hydrogen-bond donors (Lipinski definition) is 1. The van der Waals surface area contributed by atoms with Crippen molar-refractivity contribution in [3.05, 3.63) is 0 Å². The second-order valence-corrected chi connectivity index (χ2v) is 5.86. The van der Waals surface area contributed by atoms with Gasteiger partial charge in [0.2, 0.25) is 11.8 Å². The molecule has 0 aromatic carbocycles. The molecule has 2 amide bonds. The summed E-state index contributed by atoms with van der Waals surface area (Å²) in [4.78, 5) is 25.3. The van der Waals surface area contributed by atoms with Gasteiger partial charge < -0.3 is 5.11 Å². The number of hydrogen-bond acceptors (Lipinski definition) is 3. The second kappa shape index (κ2) is 3.55. The first-order valence-corrected chi connectivity index (χ1v) is 5.87. The van der Waals surface area contributed by atoms with E-state index in [1.807, 2.05) is 0 Å². The number of nitrogens with zero attached hydrogens (tertiary/aromatic N) is 1. The van der Waals surface area contributed by atoms with Crippen LogP contribution in [0, 0.1) is 17.8 Å². The molecule has 1 aliphatic heterocycles. The van der Waals surface area contributed by atoms with Crippen molar-refractivity contribution in [3.8, 4) is 0 Å². The fraction of sp³-hybridized carbons (Fsp3) is 0.833. The molecule has 0 aromatic heterocycles. The van der Waals surface area contributed by atoms with Gasteiger partial charge in [-0.1, -0.05) is 6.92 Å². The van der Waals surface area contributed by atoms with E-state index in [0.717, 1.165) is 12.8 Å². The number of fused-ring (bicyclic) bond motifs is 1. The Hall–Kier alpha value is -0.900. The fourth-order valence-electron chi connectivity index (χ4n) is 2.89. The normalized spacial score (nSPS) is 34.8. The van der Waals surface area contributed by atoms with E-state index < -0.39 is 5.60 Å². The molecule has 0 aromatic rings. The smallest absolute Gasteiger partial charge is 0.233 e. The molecule has 0 spiro atoms. The minimum absolute atomic E-state index is 0.0820. The highest BCUT2D eigenvalue weighted by Crippen LogP contribution is 2.43. The third-order valence-electron chi connectivity index (χ3n) is 3.51. The predicted molar refractivity (Wildman–Crippen MR) is 58.4 cm³/mol. The molecule has 1 saturated heterocycles. The number of carbonyl (C=O) groups is 2.